The van der Waals surface area contributed by atoms with Crippen LogP contribution in [-0.2, 0) is 6.54 Å². The lowest BCUT2D eigenvalue weighted by atomic mass is 10.1. The fraction of sp³-hybridized carbons (Fsp3) is 0.231. The highest BCUT2D eigenvalue weighted by Crippen LogP contribution is 2.32. The van der Waals surface area contributed by atoms with E-state index in [0.29, 0.717) is 17.3 Å². The second kappa shape index (κ2) is 5.25. The van der Waals surface area contributed by atoms with E-state index in [1.807, 2.05) is 31.3 Å². The SMILES string of the molecule is CNCc1occc1-c1ccc(OC)c(Cl)c1. The van der Waals surface area contributed by atoms with Crippen LogP contribution in [-0.4, -0.2) is 14.2 Å². The Morgan fingerprint density at radius 2 is 2.18 bits per heavy atom. The van der Waals surface area contributed by atoms with Crippen LogP contribution < -0.4 is 10.1 Å². The minimum Gasteiger partial charge on any atom is -0.495 e. The van der Waals surface area contributed by atoms with Gasteiger partial charge in [0.05, 0.1) is 24.9 Å². The van der Waals surface area contributed by atoms with Crippen molar-refractivity contribution in [1.82, 2.24) is 5.32 Å². The van der Waals surface area contributed by atoms with Gasteiger partial charge in [-0.25, -0.2) is 0 Å². The Labute approximate surface area is 105 Å². The molecule has 1 aromatic heterocycles. The Kier molecular flexibility index (Phi) is 3.71. The molecule has 0 aliphatic carbocycles. The van der Waals surface area contributed by atoms with Gasteiger partial charge in [0.1, 0.15) is 11.5 Å². The predicted molar refractivity (Wildman–Crippen MR) is 68.5 cm³/mol. The number of hydrogen-bond acceptors (Lipinski definition) is 3. The number of furan rings is 1. The maximum atomic E-state index is 6.10. The molecule has 2 aromatic rings. The fourth-order valence-electron chi connectivity index (χ4n) is 1.73. The fourth-order valence-corrected chi connectivity index (χ4v) is 1.99. The Bertz CT molecular complexity index is 508. The molecule has 1 heterocycles. The van der Waals surface area contributed by atoms with Crippen LogP contribution in [0.2, 0.25) is 5.02 Å². The standard InChI is InChI=1S/C13H14ClNO2/c1-15-8-13-10(5-6-17-13)9-3-4-12(16-2)11(14)7-9/h3-7,15H,8H2,1-2H3. The monoisotopic (exact) mass is 251 g/mol. The van der Waals surface area contributed by atoms with E-state index in [2.05, 4.69) is 5.32 Å². The normalized spacial score (nSPS) is 10.5. The largest absolute Gasteiger partial charge is 0.495 e. The third-order valence-corrected chi connectivity index (χ3v) is 2.84. The average molecular weight is 252 g/mol. The molecule has 90 valence electrons. The van der Waals surface area contributed by atoms with Crippen molar-refractivity contribution in [3.8, 4) is 16.9 Å². The molecule has 0 amide bonds. The van der Waals surface area contributed by atoms with E-state index in [4.69, 9.17) is 20.8 Å². The molecule has 0 spiro atoms. The van der Waals surface area contributed by atoms with Gasteiger partial charge in [-0.05, 0) is 30.8 Å². The van der Waals surface area contributed by atoms with Gasteiger partial charge in [0.15, 0.2) is 0 Å². The summed E-state index contributed by atoms with van der Waals surface area (Å²) in [5, 5.41) is 3.66. The van der Waals surface area contributed by atoms with Crippen molar-refractivity contribution in [2.24, 2.45) is 0 Å². The van der Waals surface area contributed by atoms with Gasteiger partial charge in [-0.1, -0.05) is 17.7 Å². The molecule has 0 bridgehead atoms. The van der Waals surface area contributed by atoms with Gasteiger partial charge in [-0.3, -0.25) is 0 Å². The number of hydrogen-bond donors (Lipinski definition) is 1. The molecule has 2 rings (SSSR count). The summed E-state index contributed by atoms with van der Waals surface area (Å²) in [5.41, 5.74) is 2.07. The van der Waals surface area contributed by atoms with E-state index in [9.17, 15) is 0 Å². The number of nitrogens with one attached hydrogen (secondary N) is 1. The zero-order chi connectivity index (χ0) is 12.3. The van der Waals surface area contributed by atoms with Gasteiger partial charge in [0.25, 0.3) is 0 Å². The third-order valence-electron chi connectivity index (χ3n) is 2.55. The van der Waals surface area contributed by atoms with Crippen molar-refractivity contribution >= 4 is 11.6 Å². The molecule has 0 fully saturated rings. The molecular formula is C13H14ClNO2. The Morgan fingerprint density at radius 1 is 1.35 bits per heavy atom. The van der Waals surface area contributed by atoms with Gasteiger partial charge in [-0.15, -0.1) is 0 Å². The first-order valence-electron chi connectivity index (χ1n) is 5.31. The van der Waals surface area contributed by atoms with Crippen molar-refractivity contribution in [2.75, 3.05) is 14.2 Å². The minimum absolute atomic E-state index is 0.599. The Morgan fingerprint density at radius 3 is 2.82 bits per heavy atom. The molecule has 0 saturated heterocycles. The summed E-state index contributed by atoms with van der Waals surface area (Å²) in [6.07, 6.45) is 1.68. The maximum Gasteiger partial charge on any atom is 0.137 e. The molecule has 0 atom stereocenters. The molecule has 0 aliphatic rings. The van der Waals surface area contributed by atoms with Crippen molar-refractivity contribution in [2.45, 2.75) is 6.54 Å². The highest BCUT2D eigenvalue weighted by molar-refractivity contribution is 6.32. The summed E-state index contributed by atoms with van der Waals surface area (Å²) in [6, 6.07) is 7.64. The van der Waals surface area contributed by atoms with Gasteiger partial charge in [0.2, 0.25) is 0 Å². The second-order valence-corrected chi connectivity index (χ2v) is 4.04. The average Bonchev–Trinajstić information content (AvgIpc) is 2.78. The molecule has 0 unspecified atom stereocenters. The number of rotatable bonds is 4. The van der Waals surface area contributed by atoms with E-state index in [1.165, 1.54) is 0 Å². The maximum absolute atomic E-state index is 6.10. The van der Waals surface area contributed by atoms with E-state index < -0.39 is 0 Å². The minimum atomic E-state index is 0.599. The first kappa shape index (κ1) is 12.0. The first-order chi connectivity index (χ1) is 8.26. The van der Waals surface area contributed by atoms with Gasteiger partial charge < -0.3 is 14.5 Å². The van der Waals surface area contributed by atoms with Crippen molar-refractivity contribution in [3.63, 3.8) is 0 Å². The van der Waals surface area contributed by atoms with Crippen LogP contribution >= 0.6 is 11.6 Å². The molecule has 0 radical (unpaired) electrons. The third kappa shape index (κ3) is 2.46. The number of halogens is 1. The number of benzene rings is 1. The topological polar surface area (TPSA) is 34.4 Å². The van der Waals surface area contributed by atoms with Crippen LogP contribution in [0, 0.1) is 0 Å². The zero-order valence-corrected chi connectivity index (χ0v) is 10.5. The summed E-state index contributed by atoms with van der Waals surface area (Å²) in [4.78, 5) is 0. The van der Waals surface area contributed by atoms with Gasteiger partial charge in [0, 0.05) is 5.56 Å². The van der Waals surface area contributed by atoms with Crippen molar-refractivity contribution in [3.05, 3.63) is 41.3 Å². The highest BCUT2D eigenvalue weighted by Gasteiger charge is 2.10. The highest BCUT2D eigenvalue weighted by atomic mass is 35.5. The molecule has 0 aliphatic heterocycles. The van der Waals surface area contributed by atoms with Crippen LogP contribution in [0.1, 0.15) is 5.76 Å². The number of ether oxygens (including phenoxy) is 1. The Hall–Kier alpha value is -1.45. The predicted octanol–water partition coefficient (Wildman–Crippen LogP) is 3.33. The van der Waals surface area contributed by atoms with Crippen LogP contribution in [0.4, 0.5) is 0 Å². The lowest BCUT2D eigenvalue weighted by Gasteiger charge is -2.06. The zero-order valence-electron chi connectivity index (χ0n) is 9.79. The first-order valence-corrected chi connectivity index (χ1v) is 5.69. The van der Waals surface area contributed by atoms with Crippen molar-refractivity contribution < 1.29 is 9.15 Å². The molecule has 0 saturated carbocycles. The summed E-state index contributed by atoms with van der Waals surface area (Å²) in [7, 11) is 3.48. The van der Waals surface area contributed by atoms with Crippen molar-refractivity contribution in [1.29, 1.82) is 0 Å². The lowest BCUT2D eigenvalue weighted by Crippen LogP contribution is -2.04. The lowest BCUT2D eigenvalue weighted by molar-refractivity contribution is 0.415. The van der Waals surface area contributed by atoms with E-state index in [0.717, 1.165) is 16.9 Å². The van der Waals surface area contributed by atoms with Crippen LogP contribution in [0.15, 0.2) is 34.9 Å². The summed E-state index contributed by atoms with van der Waals surface area (Å²) < 4.78 is 10.5. The molecule has 1 aromatic carbocycles. The van der Waals surface area contributed by atoms with E-state index in [1.54, 1.807) is 13.4 Å². The van der Waals surface area contributed by atoms with Crippen LogP contribution in [0.5, 0.6) is 5.75 Å². The second-order valence-electron chi connectivity index (χ2n) is 3.64. The smallest absolute Gasteiger partial charge is 0.137 e. The van der Waals surface area contributed by atoms with Gasteiger partial charge in [-0.2, -0.15) is 0 Å². The van der Waals surface area contributed by atoms with Gasteiger partial charge >= 0.3 is 0 Å². The van der Waals surface area contributed by atoms with Crippen LogP contribution in [0.25, 0.3) is 11.1 Å². The summed E-state index contributed by atoms with van der Waals surface area (Å²) in [6.45, 7) is 0.686. The molecular weight excluding hydrogens is 238 g/mol. The van der Waals surface area contributed by atoms with Crippen LogP contribution in [0.3, 0.4) is 0 Å². The summed E-state index contributed by atoms with van der Waals surface area (Å²) in [5.74, 6) is 1.57. The molecule has 1 N–H and O–H groups in total. The molecule has 4 heteroatoms. The van der Waals surface area contributed by atoms with E-state index >= 15 is 0 Å². The quantitative estimate of drug-likeness (QED) is 0.905. The summed E-state index contributed by atoms with van der Waals surface area (Å²) >= 11 is 6.10. The molecule has 17 heavy (non-hydrogen) atoms. The number of methoxy groups -OCH3 is 1. The van der Waals surface area contributed by atoms with E-state index in [-0.39, 0.29) is 0 Å². The molecule has 3 nitrogen and oxygen atoms in total. The Balaban J connectivity index is 2.39.